The van der Waals surface area contributed by atoms with Crippen molar-refractivity contribution >= 4 is 5.91 Å². The average molecular weight is 302 g/mol. The number of piperazine rings is 1. The second kappa shape index (κ2) is 6.29. The molecule has 1 aromatic carbocycles. The molecule has 22 heavy (non-hydrogen) atoms. The third-order valence-electron chi connectivity index (χ3n) is 4.88. The van der Waals surface area contributed by atoms with Gasteiger partial charge in [0.15, 0.2) is 6.10 Å². The number of amides is 1. The number of fused-ring (bicyclic) bond motifs is 1. The number of rotatable bonds is 3. The Balaban J connectivity index is 1.62. The van der Waals surface area contributed by atoms with Crippen molar-refractivity contribution in [3.63, 3.8) is 0 Å². The van der Waals surface area contributed by atoms with Gasteiger partial charge in [-0.15, -0.1) is 0 Å². The monoisotopic (exact) mass is 302 g/mol. The predicted molar refractivity (Wildman–Crippen MR) is 87.2 cm³/mol. The van der Waals surface area contributed by atoms with Crippen molar-refractivity contribution in [3.05, 3.63) is 29.3 Å². The van der Waals surface area contributed by atoms with E-state index in [0.717, 1.165) is 30.9 Å². The summed E-state index contributed by atoms with van der Waals surface area (Å²) in [6, 6.07) is 6.63. The number of benzene rings is 1. The van der Waals surface area contributed by atoms with E-state index >= 15 is 0 Å². The van der Waals surface area contributed by atoms with Crippen molar-refractivity contribution < 1.29 is 9.53 Å². The maximum Gasteiger partial charge on any atom is 0.263 e. The van der Waals surface area contributed by atoms with Crippen LogP contribution in [0.15, 0.2) is 18.2 Å². The van der Waals surface area contributed by atoms with Crippen LogP contribution in [0.4, 0.5) is 0 Å². The van der Waals surface area contributed by atoms with Crippen LogP contribution in [0.25, 0.3) is 0 Å². The van der Waals surface area contributed by atoms with Gasteiger partial charge in [0.1, 0.15) is 5.75 Å². The summed E-state index contributed by atoms with van der Waals surface area (Å²) in [6.45, 7) is 9.84. The fourth-order valence-corrected chi connectivity index (χ4v) is 3.62. The van der Waals surface area contributed by atoms with Gasteiger partial charge in [-0.25, -0.2) is 0 Å². The molecule has 120 valence electrons. The molecule has 0 saturated carbocycles. The maximum absolute atomic E-state index is 12.7. The molecule has 2 atom stereocenters. The molecular formula is C18H26N2O2. The molecule has 4 nitrogen and oxygen atoms in total. The molecule has 1 aromatic rings. The van der Waals surface area contributed by atoms with Gasteiger partial charge >= 0.3 is 0 Å². The molecular weight excluding hydrogens is 276 g/mol. The van der Waals surface area contributed by atoms with Crippen LogP contribution in [0, 0.1) is 13.8 Å². The van der Waals surface area contributed by atoms with Crippen LogP contribution in [0.1, 0.15) is 30.9 Å². The summed E-state index contributed by atoms with van der Waals surface area (Å²) in [6.07, 6.45) is 2.06. The van der Waals surface area contributed by atoms with Crippen LogP contribution < -0.4 is 4.74 Å². The van der Waals surface area contributed by atoms with E-state index in [1.165, 1.54) is 24.9 Å². The summed E-state index contributed by atoms with van der Waals surface area (Å²) in [4.78, 5) is 17.2. The molecule has 4 heteroatoms. The number of carbonyl (C=O) groups is 1. The molecule has 2 saturated heterocycles. The average Bonchev–Trinajstić information content (AvgIpc) is 2.96. The Morgan fingerprint density at radius 1 is 1.27 bits per heavy atom. The second-order valence-corrected chi connectivity index (χ2v) is 6.65. The summed E-state index contributed by atoms with van der Waals surface area (Å²) >= 11 is 0. The van der Waals surface area contributed by atoms with Crippen molar-refractivity contribution in [2.75, 3.05) is 26.2 Å². The molecule has 2 fully saturated rings. The van der Waals surface area contributed by atoms with Gasteiger partial charge in [0, 0.05) is 25.7 Å². The van der Waals surface area contributed by atoms with Crippen LogP contribution in [0.3, 0.4) is 0 Å². The van der Waals surface area contributed by atoms with E-state index in [1.54, 1.807) is 0 Å². The van der Waals surface area contributed by atoms with Crippen molar-refractivity contribution in [1.82, 2.24) is 9.80 Å². The number of hydrogen-bond donors (Lipinski definition) is 0. The van der Waals surface area contributed by atoms with Gasteiger partial charge in [-0.3, -0.25) is 9.69 Å². The maximum atomic E-state index is 12.7. The van der Waals surface area contributed by atoms with E-state index in [0.29, 0.717) is 6.04 Å². The van der Waals surface area contributed by atoms with E-state index in [-0.39, 0.29) is 5.91 Å². The lowest BCUT2D eigenvalue weighted by Crippen LogP contribution is -2.54. The number of hydrogen-bond acceptors (Lipinski definition) is 3. The highest BCUT2D eigenvalue weighted by molar-refractivity contribution is 5.81. The Morgan fingerprint density at radius 3 is 2.86 bits per heavy atom. The molecule has 0 aliphatic carbocycles. The molecule has 0 bridgehead atoms. The summed E-state index contributed by atoms with van der Waals surface area (Å²) in [5.74, 6) is 0.928. The quantitative estimate of drug-likeness (QED) is 0.859. The molecule has 0 aromatic heterocycles. The van der Waals surface area contributed by atoms with Crippen LogP contribution in [-0.4, -0.2) is 54.0 Å². The number of carbonyl (C=O) groups excluding carboxylic acids is 1. The van der Waals surface area contributed by atoms with Crippen molar-refractivity contribution in [2.45, 2.75) is 45.8 Å². The Kier molecular flexibility index (Phi) is 4.39. The lowest BCUT2D eigenvalue weighted by atomic mass is 10.1. The van der Waals surface area contributed by atoms with Gasteiger partial charge < -0.3 is 9.64 Å². The smallest absolute Gasteiger partial charge is 0.263 e. The molecule has 2 aliphatic heterocycles. The van der Waals surface area contributed by atoms with Crippen LogP contribution >= 0.6 is 0 Å². The fourth-order valence-electron chi connectivity index (χ4n) is 3.62. The first kappa shape index (κ1) is 15.3. The molecule has 3 rings (SSSR count). The molecule has 1 amide bonds. The van der Waals surface area contributed by atoms with E-state index in [4.69, 9.17) is 4.74 Å². The van der Waals surface area contributed by atoms with E-state index in [1.807, 2.05) is 30.9 Å². The zero-order chi connectivity index (χ0) is 15.7. The minimum Gasteiger partial charge on any atom is -0.481 e. The van der Waals surface area contributed by atoms with E-state index in [2.05, 4.69) is 17.9 Å². The van der Waals surface area contributed by atoms with Crippen LogP contribution in [0.5, 0.6) is 5.75 Å². The Bertz CT molecular complexity index is 558. The molecule has 0 N–H and O–H groups in total. The highest BCUT2D eigenvalue weighted by atomic mass is 16.5. The number of aryl methyl sites for hydroxylation is 2. The highest BCUT2D eigenvalue weighted by Gasteiger charge is 2.34. The Labute approximate surface area is 133 Å². The fraction of sp³-hybridized carbons (Fsp3) is 0.611. The Morgan fingerprint density at radius 2 is 2.09 bits per heavy atom. The van der Waals surface area contributed by atoms with Crippen LogP contribution in [-0.2, 0) is 4.79 Å². The van der Waals surface area contributed by atoms with E-state index < -0.39 is 6.10 Å². The van der Waals surface area contributed by atoms with Gasteiger partial charge in [-0.1, -0.05) is 17.7 Å². The third kappa shape index (κ3) is 3.12. The molecule has 0 spiro atoms. The second-order valence-electron chi connectivity index (χ2n) is 6.65. The summed E-state index contributed by atoms with van der Waals surface area (Å²) in [5, 5.41) is 0. The van der Waals surface area contributed by atoms with Crippen molar-refractivity contribution in [3.8, 4) is 5.75 Å². The first-order valence-corrected chi connectivity index (χ1v) is 8.31. The molecule has 2 aliphatic rings. The van der Waals surface area contributed by atoms with Gasteiger partial charge in [0.2, 0.25) is 0 Å². The first-order valence-electron chi connectivity index (χ1n) is 8.31. The molecule has 2 heterocycles. The molecule has 0 unspecified atom stereocenters. The SMILES string of the molecule is Cc1ccc(O[C@H](C)C(=O)N2CCN3CCC[C@H]3C2)c(C)c1. The number of ether oxygens (including phenoxy) is 1. The zero-order valence-corrected chi connectivity index (χ0v) is 13.8. The summed E-state index contributed by atoms with van der Waals surface area (Å²) in [7, 11) is 0. The lowest BCUT2D eigenvalue weighted by molar-refractivity contribution is -0.140. The van der Waals surface area contributed by atoms with Crippen molar-refractivity contribution in [2.24, 2.45) is 0 Å². The van der Waals surface area contributed by atoms with E-state index in [9.17, 15) is 4.79 Å². The largest absolute Gasteiger partial charge is 0.481 e. The van der Waals surface area contributed by atoms with Crippen LogP contribution in [0.2, 0.25) is 0 Å². The lowest BCUT2D eigenvalue weighted by Gasteiger charge is -2.38. The highest BCUT2D eigenvalue weighted by Crippen LogP contribution is 2.23. The summed E-state index contributed by atoms with van der Waals surface area (Å²) in [5.41, 5.74) is 2.29. The summed E-state index contributed by atoms with van der Waals surface area (Å²) < 4.78 is 5.92. The van der Waals surface area contributed by atoms with Gasteiger partial charge in [0.25, 0.3) is 5.91 Å². The van der Waals surface area contributed by atoms with Gasteiger partial charge in [-0.2, -0.15) is 0 Å². The van der Waals surface area contributed by atoms with Gasteiger partial charge in [0.05, 0.1) is 0 Å². The van der Waals surface area contributed by atoms with Gasteiger partial charge in [-0.05, 0) is 51.8 Å². The Hall–Kier alpha value is -1.55. The molecule has 0 radical (unpaired) electrons. The predicted octanol–water partition coefficient (Wildman–Crippen LogP) is 2.38. The van der Waals surface area contributed by atoms with Crippen molar-refractivity contribution in [1.29, 1.82) is 0 Å². The first-order chi connectivity index (χ1) is 10.5. The third-order valence-corrected chi connectivity index (χ3v) is 4.88. The minimum absolute atomic E-state index is 0.117. The standard InChI is InChI=1S/C18H26N2O2/c1-13-6-7-17(14(2)11-13)22-15(3)18(21)20-10-9-19-8-4-5-16(19)12-20/h6-7,11,15-16H,4-5,8-10,12H2,1-3H3/t15-,16+/m1/s1. The minimum atomic E-state index is -0.422. The zero-order valence-electron chi connectivity index (χ0n) is 13.8. The number of nitrogens with zero attached hydrogens (tertiary/aromatic N) is 2. The normalized spacial score (nSPS) is 23.2. The topological polar surface area (TPSA) is 32.8 Å².